The predicted octanol–water partition coefficient (Wildman–Crippen LogP) is 1.79. The number of ether oxygens (including phenoxy) is 1. The van der Waals surface area contributed by atoms with Gasteiger partial charge in [0.15, 0.2) is 6.04 Å². The lowest BCUT2D eigenvalue weighted by atomic mass is 10.1. The lowest BCUT2D eigenvalue weighted by Gasteiger charge is -2.11. The first-order chi connectivity index (χ1) is 11.1. The second-order valence-electron chi connectivity index (χ2n) is 4.62. The number of methoxy groups -OCH3 is 1. The van der Waals surface area contributed by atoms with Gasteiger partial charge in [0.25, 0.3) is 0 Å². The van der Waals surface area contributed by atoms with Gasteiger partial charge >= 0.3 is 11.7 Å². The fraction of sp³-hybridized carbons (Fsp3) is 0.200. The van der Waals surface area contributed by atoms with E-state index in [9.17, 15) is 9.00 Å². The summed E-state index contributed by atoms with van der Waals surface area (Å²) in [5.41, 5.74) is 9.79. The molecule has 23 heavy (non-hydrogen) atoms. The van der Waals surface area contributed by atoms with Crippen molar-refractivity contribution in [2.75, 3.05) is 7.11 Å². The molecule has 0 saturated carbocycles. The molecular weight excluding hydrogens is 318 g/mol. The van der Waals surface area contributed by atoms with Crippen LogP contribution in [0, 0.1) is 6.92 Å². The molecule has 1 aromatic heterocycles. The van der Waals surface area contributed by atoms with E-state index in [4.69, 9.17) is 9.95 Å². The molecule has 0 saturated heterocycles. The molecule has 0 bridgehead atoms. The molecule has 0 spiro atoms. The quantitative estimate of drug-likeness (QED) is 0.376. The Morgan fingerprint density at radius 1 is 1.35 bits per heavy atom. The predicted molar refractivity (Wildman–Crippen MR) is 82.8 cm³/mol. The van der Waals surface area contributed by atoms with Crippen molar-refractivity contribution in [3.63, 3.8) is 0 Å². The third kappa shape index (κ3) is 4.01. The molecular formula is C15H15N3O4S. The number of hydrogen-bond donors (Lipinski definition) is 1. The molecule has 120 valence electrons. The first-order valence-corrected chi connectivity index (χ1v) is 7.80. The maximum absolute atomic E-state index is 12.5. The van der Waals surface area contributed by atoms with Crippen LogP contribution in [0.5, 0.6) is 0 Å². The molecule has 2 atom stereocenters. The minimum Gasteiger partial charge on any atom is -0.467 e. The largest absolute Gasteiger partial charge is 0.467 e. The van der Waals surface area contributed by atoms with E-state index >= 15 is 0 Å². The van der Waals surface area contributed by atoms with E-state index in [0.29, 0.717) is 4.90 Å². The van der Waals surface area contributed by atoms with Gasteiger partial charge in [-0.05, 0) is 31.2 Å². The molecule has 2 aromatic rings. The van der Waals surface area contributed by atoms with Crippen LogP contribution in [0.2, 0.25) is 0 Å². The van der Waals surface area contributed by atoms with Gasteiger partial charge in [-0.1, -0.05) is 17.7 Å². The van der Waals surface area contributed by atoms with Crippen LogP contribution < -0.4 is 4.72 Å². The molecule has 1 N–H and O–H groups in total. The van der Waals surface area contributed by atoms with Crippen LogP contribution in [0.25, 0.3) is 5.53 Å². The SMILES string of the molecule is COC(=O)C(=[N+]=[N-])C(NS(=O)c1ccc(C)cc1)c1ccco1. The Bertz CT molecular complexity index is 750. The number of hydrogen-bond acceptors (Lipinski definition) is 4. The highest BCUT2D eigenvalue weighted by atomic mass is 32.2. The summed E-state index contributed by atoms with van der Waals surface area (Å²) in [4.78, 5) is 15.2. The van der Waals surface area contributed by atoms with Gasteiger partial charge in [-0.3, -0.25) is 0 Å². The zero-order valence-corrected chi connectivity index (χ0v) is 13.4. The Balaban J connectivity index is 2.32. The highest BCUT2D eigenvalue weighted by Gasteiger charge is 2.37. The molecule has 7 nitrogen and oxygen atoms in total. The number of aryl methyl sites for hydroxylation is 1. The Labute approximate surface area is 135 Å². The van der Waals surface area contributed by atoms with Crippen molar-refractivity contribution < 1.29 is 22.9 Å². The van der Waals surface area contributed by atoms with Crippen molar-refractivity contribution in [1.29, 1.82) is 0 Å². The van der Waals surface area contributed by atoms with Crippen molar-refractivity contribution >= 4 is 22.7 Å². The van der Waals surface area contributed by atoms with E-state index in [2.05, 4.69) is 14.2 Å². The average molecular weight is 333 g/mol. The van der Waals surface area contributed by atoms with E-state index in [-0.39, 0.29) is 11.5 Å². The zero-order valence-electron chi connectivity index (χ0n) is 12.6. The Hall–Kier alpha value is -2.54. The van der Waals surface area contributed by atoms with E-state index in [0.717, 1.165) is 12.7 Å². The third-order valence-corrected chi connectivity index (χ3v) is 4.21. The third-order valence-electron chi connectivity index (χ3n) is 3.06. The number of carbonyl (C=O) groups is 1. The number of esters is 1. The molecule has 1 heterocycles. The zero-order chi connectivity index (χ0) is 16.8. The molecule has 0 radical (unpaired) electrons. The lowest BCUT2D eigenvalue weighted by Crippen LogP contribution is -2.35. The van der Waals surface area contributed by atoms with Crippen LogP contribution in [0.3, 0.4) is 0 Å². The Kier molecular flexibility index (Phi) is 5.59. The highest BCUT2D eigenvalue weighted by Crippen LogP contribution is 2.18. The van der Waals surface area contributed by atoms with Gasteiger partial charge < -0.3 is 14.7 Å². The molecule has 0 aliphatic heterocycles. The molecule has 0 aliphatic rings. The Morgan fingerprint density at radius 2 is 2.04 bits per heavy atom. The van der Waals surface area contributed by atoms with Gasteiger partial charge in [0, 0.05) is 0 Å². The number of nitrogens with one attached hydrogen (secondary N) is 1. The second-order valence-corrected chi connectivity index (χ2v) is 5.87. The summed E-state index contributed by atoms with van der Waals surface area (Å²) in [7, 11) is -0.500. The summed E-state index contributed by atoms with van der Waals surface area (Å²) < 4.78 is 25.0. The molecule has 0 amide bonds. The van der Waals surface area contributed by atoms with E-state index in [1.807, 2.05) is 19.1 Å². The van der Waals surface area contributed by atoms with E-state index < -0.39 is 23.0 Å². The van der Waals surface area contributed by atoms with Crippen molar-refractivity contribution in [2.24, 2.45) is 0 Å². The van der Waals surface area contributed by atoms with Crippen LogP contribution in [0.1, 0.15) is 17.4 Å². The smallest absolute Gasteiger partial charge is 0.418 e. The number of furan rings is 1. The van der Waals surface area contributed by atoms with E-state index in [1.165, 1.54) is 6.26 Å². The van der Waals surface area contributed by atoms with Crippen LogP contribution >= 0.6 is 0 Å². The number of rotatable bonds is 6. The fourth-order valence-electron chi connectivity index (χ4n) is 1.86. The molecule has 1 aromatic carbocycles. The Morgan fingerprint density at radius 3 is 2.57 bits per heavy atom. The summed E-state index contributed by atoms with van der Waals surface area (Å²) in [5.74, 6) is -0.592. The molecule has 2 rings (SSSR count). The normalized spacial score (nSPS) is 13.0. The summed E-state index contributed by atoms with van der Waals surface area (Å²) in [5, 5.41) is 0. The average Bonchev–Trinajstić information content (AvgIpc) is 3.09. The maximum Gasteiger partial charge on any atom is 0.418 e. The van der Waals surface area contributed by atoms with E-state index in [1.54, 1.807) is 24.3 Å². The molecule has 0 aliphatic carbocycles. The topological polar surface area (TPSA) is 105 Å². The number of benzene rings is 1. The monoisotopic (exact) mass is 333 g/mol. The minimum atomic E-state index is -1.66. The molecule has 0 fully saturated rings. The van der Waals surface area contributed by atoms with Crippen LogP contribution in [-0.2, 0) is 20.5 Å². The van der Waals surface area contributed by atoms with Gasteiger partial charge in [-0.2, -0.15) is 4.79 Å². The fourth-order valence-corrected chi connectivity index (χ4v) is 2.82. The summed E-state index contributed by atoms with van der Waals surface area (Å²) in [6.45, 7) is 1.92. The van der Waals surface area contributed by atoms with Gasteiger partial charge in [0.2, 0.25) is 0 Å². The summed E-state index contributed by atoms with van der Waals surface area (Å²) in [6, 6.07) is 9.18. The van der Waals surface area contributed by atoms with Gasteiger partial charge in [0.05, 0.1) is 18.3 Å². The van der Waals surface area contributed by atoms with Gasteiger partial charge in [0.1, 0.15) is 16.7 Å². The first-order valence-electron chi connectivity index (χ1n) is 6.65. The second kappa shape index (κ2) is 7.64. The highest BCUT2D eigenvalue weighted by molar-refractivity contribution is 7.83. The minimum absolute atomic E-state index is 0.267. The van der Waals surface area contributed by atoms with Gasteiger partial charge in [-0.15, -0.1) is 0 Å². The van der Waals surface area contributed by atoms with Gasteiger partial charge in [-0.25, -0.2) is 13.7 Å². The van der Waals surface area contributed by atoms with Crippen molar-refractivity contribution in [2.45, 2.75) is 17.9 Å². The summed E-state index contributed by atoms with van der Waals surface area (Å²) >= 11 is 0. The molecule has 2 unspecified atom stereocenters. The lowest BCUT2D eigenvalue weighted by molar-refractivity contribution is -0.138. The standard InChI is InChI=1S/C15H15N3O4S/c1-10-5-7-11(8-6-10)23(20)18-13(12-4-3-9-22-12)14(17-16)15(19)21-2/h3-9,13,18H,1-2H3. The maximum atomic E-state index is 12.5. The van der Waals surface area contributed by atoms with Crippen molar-refractivity contribution in [1.82, 2.24) is 4.72 Å². The van der Waals surface area contributed by atoms with Crippen molar-refractivity contribution in [3.05, 3.63) is 59.5 Å². The first kappa shape index (κ1) is 16.8. The molecule has 8 heteroatoms. The van der Waals surface area contributed by atoms with Crippen LogP contribution in [0.4, 0.5) is 0 Å². The number of carbonyl (C=O) groups excluding carboxylic acids is 1. The van der Waals surface area contributed by atoms with Crippen molar-refractivity contribution in [3.8, 4) is 0 Å². The van der Waals surface area contributed by atoms with Crippen LogP contribution in [-0.4, -0.2) is 27.8 Å². The van der Waals surface area contributed by atoms with Crippen LogP contribution in [0.15, 0.2) is 52.0 Å². The summed E-state index contributed by atoms with van der Waals surface area (Å²) in [6.07, 6.45) is 1.39. The number of nitrogens with zero attached hydrogens (tertiary/aromatic N) is 2.